The lowest BCUT2D eigenvalue weighted by Gasteiger charge is -2.14. The summed E-state index contributed by atoms with van der Waals surface area (Å²) < 4.78 is 11.4. The van der Waals surface area contributed by atoms with Gasteiger partial charge in [0.25, 0.3) is 0 Å². The van der Waals surface area contributed by atoms with Gasteiger partial charge in [0.05, 0.1) is 18.1 Å². The van der Waals surface area contributed by atoms with Crippen molar-refractivity contribution in [1.29, 1.82) is 0 Å². The number of hydrogen-bond acceptors (Lipinski definition) is 4. The monoisotopic (exact) mass is 455 g/mol. The van der Waals surface area contributed by atoms with Crippen LogP contribution in [0, 0.1) is 0 Å². The summed E-state index contributed by atoms with van der Waals surface area (Å²) >= 11 is 12.4. The van der Waals surface area contributed by atoms with E-state index in [4.69, 9.17) is 32.7 Å². The fourth-order valence-corrected chi connectivity index (χ4v) is 3.83. The number of hydrogen-bond donors (Lipinski definition) is 2. The highest BCUT2D eigenvalue weighted by Gasteiger charge is 2.10. The van der Waals surface area contributed by atoms with Crippen molar-refractivity contribution in [3.05, 3.63) is 87.7 Å². The molecule has 0 atom stereocenters. The molecule has 0 aliphatic heterocycles. The molecule has 3 aromatic carbocycles. The van der Waals surface area contributed by atoms with Crippen molar-refractivity contribution in [3.8, 4) is 11.5 Å². The molecule has 0 aliphatic rings. The van der Waals surface area contributed by atoms with E-state index in [0.29, 0.717) is 28.1 Å². The number of aromatic nitrogens is 2. The number of nitrogens with zero attached hydrogens (tertiary/aromatic N) is 1. The molecule has 0 radical (unpaired) electrons. The first-order chi connectivity index (χ1) is 15.1. The summed E-state index contributed by atoms with van der Waals surface area (Å²) in [7, 11) is 1.63. The minimum Gasteiger partial charge on any atom is -0.493 e. The minimum atomic E-state index is 0.268. The molecule has 2 N–H and O–H groups in total. The van der Waals surface area contributed by atoms with E-state index in [1.165, 1.54) is 0 Å². The van der Waals surface area contributed by atoms with Crippen LogP contribution in [0.1, 0.15) is 17.0 Å². The highest BCUT2D eigenvalue weighted by molar-refractivity contribution is 6.35. The van der Waals surface area contributed by atoms with Crippen molar-refractivity contribution in [2.75, 3.05) is 13.7 Å². The molecule has 4 aromatic rings. The topological polar surface area (TPSA) is 59.2 Å². The van der Waals surface area contributed by atoms with Crippen molar-refractivity contribution in [1.82, 2.24) is 15.3 Å². The van der Waals surface area contributed by atoms with Crippen LogP contribution in [-0.2, 0) is 19.6 Å². The van der Waals surface area contributed by atoms with E-state index in [1.807, 2.05) is 48.5 Å². The summed E-state index contributed by atoms with van der Waals surface area (Å²) in [6.07, 6.45) is 0.825. The molecule has 0 fully saturated rings. The van der Waals surface area contributed by atoms with Crippen LogP contribution in [0.2, 0.25) is 10.0 Å². The Bertz CT molecular complexity index is 1120. The molecule has 160 valence electrons. The number of imidazole rings is 1. The Hall–Kier alpha value is -2.73. The Morgan fingerprint density at radius 1 is 0.968 bits per heavy atom. The third-order valence-electron chi connectivity index (χ3n) is 4.97. The number of nitrogens with one attached hydrogen (secondary N) is 2. The lowest BCUT2D eigenvalue weighted by atomic mass is 10.2. The van der Waals surface area contributed by atoms with Gasteiger partial charge in [-0.2, -0.15) is 0 Å². The molecule has 0 saturated carbocycles. The van der Waals surface area contributed by atoms with Crippen molar-refractivity contribution >= 4 is 34.2 Å². The SMILES string of the molecule is COc1cc(CNCCc2nc3ccccc3[nH]2)ccc1OCc1c(Cl)cccc1Cl. The zero-order valence-electron chi connectivity index (χ0n) is 17.1. The first-order valence-corrected chi connectivity index (χ1v) is 10.8. The van der Waals surface area contributed by atoms with Gasteiger partial charge in [-0.05, 0) is 42.0 Å². The van der Waals surface area contributed by atoms with E-state index in [0.717, 1.165) is 41.0 Å². The predicted octanol–water partition coefficient (Wildman–Crippen LogP) is 5.79. The molecule has 0 bridgehead atoms. The Morgan fingerprint density at radius 3 is 2.55 bits per heavy atom. The maximum atomic E-state index is 6.22. The second-order valence-electron chi connectivity index (χ2n) is 7.10. The highest BCUT2D eigenvalue weighted by Crippen LogP contribution is 2.31. The Morgan fingerprint density at radius 2 is 1.77 bits per heavy atom. The lowest BCUT2D eigenvalue weighted by molar-refractivity contribution is 0.284. The van der Waals surface area contributed by atoms with Gasteiger partial charge in [-0.25, -0.2) is 4.98 Å². The van der Waals surface area contributed by atoms with Crippen LogP contribution in [0.15, 0.2) is 60.7 Å². The van der Waals surface area contributed by atoms with E-state index in [9.17, 15) is 0 Å². The fourth-order valence-electron chi connectivity index (χ4n) is 3.32. The molecule has 5 nitrogen and oxygen atoms in total. The van der Waals surface area contributed by atoms with Crippen molar-refractivity contribution < 1.29 is 9.47 Å². The molecule has 4 rings (SSSR count). The Balaban J connectivity index is 1.32. The van der Waals surface area contributed by atoms with E-state index in [-0.39, 0.29) is 6.61 Å². The lowest BCUT2D eigenvalue weighted by Crippen LogP contribution is -2.17. The molecule has 1 heterocycles. The number of H-pyrrole nitrogens is 1. The number of halogens is 2. The summed E-state index contributed by atoms with van der Waals surface area (Å²) in [5.74, 6) is 2.29. The minimum absolute atomic E-state index is 0.268. The number of rotatable bonds is 9. The zero-order chi connectivity index (χ0) is 21.6. The van der Waals surface area contributed by atoms with Crippen LogP contribution in [0.3, 0.4) is 0 Å². The number of methoxy groups -OCH3 is 1. The van der Waals surface area contributed by atoms with Crippen LogP contribution in [0.4, 0.5) is 0 Å². The van der Waals surface area contributed by atoms with Gasteiger partial charge in [0.2, 0.25) is 0 Å². The van der Waals surface area contributed by atoms with Gasteiger partial charge < -0.3 is 19.8 Å². The average Bonchev–Trinajstić information content (AvgIpc) is 3.20. The second kappa shape index (κ2) is 10.1. The number of fused-ring (bicyclic) bond motifs is 1. The molecule has 31 heavy (non-hydrogen) atoms. The van der Waals surface area contributed by atoms with Crippen LogP contribution in [0.5, 0.6) is 11.5 Å². The maximum Gasteiger partial charge on any atom is 0.161 e. The van der Waals surface area contributed by atoms with Gasteiger partial charge >= 0.3 is 0 Å². The van der Waals surface area contributed by atoms with Gasteiger partial charge in [-0.3, -0.25) is 0 Å². The predicted molar refractivity (Wildman–Crippen MR) is 125 cm³/mol. The summed E-state index contributed by atoms with van der Waals surface area (Å²) in [6, 6.07) is 19.3. The van der Waals surface area contributed by atoms with Crippen LogP contribution >= 0.6 is 23.2 Å². The van der Waals surface area contributed by atoms with E-state index in [2.05, 4.69) is 15.3 Å². The number of para-hydroxylation sites is 2. The summed E-state index contributed by atoms with van der Waals surface area (Å²) in [4.78, 5) is 7.95. The second-order valence-corrected chi connectivity index (χ2v) is 7.92. The quantitative estimate of drug-likeness (QED) is 0.313. The highest BCUT2D eigenvalue weighted by atomic mass is 35.5. The fraction of sp³-hybridized carbons (Fsp3) is 0.208. The van der Waals surface area contributed by atoms with Crippen molar-refractivity contribution in [3.63, 3.8) is 0 Å². The summed E-state index contributed by atoms with van der Waals surface area (Å²) in [6.45, 7) is 1.79. The summed E-state index contributed by atoms with van der Waals surface area (Å²) in [5, 5.41) is 4.61. The molecular formula is C24H23Cl2N3O2. The molecule has 0 amide bonds. The first kappa shape index (κ1) is 21.5. The first-order valence-electron chi connectivity index (χ1n) is 10.0. The molecule has 0 unspecified atom stereocenters. The molecule has 0 aliphatic carbocycles. The average molecular weight is 456 g/mol. The van der Waals surface area contributed by atoms with Crippen LogP contribution < -0.4 is 14.8 Å². The molecule has 7 heteroatoms. The Kier molecular flexibility index (Phi) is 6.97. The molecular weight excluding hydrogens is 433 g/mol. The molecule has 1 aromatic heterocycles. The van der Waals surface area contributed by atoms with Crippen LogP contribution in [0.25, 0.3) is 11.0 Å². The standard InChI is InChI=1S/C24H23Cl2N3O2/c1-30-23-13-16(9-10-22(23)31-15-17-18(25)5-4-6-19(17)26)14-27-12-11-24-28-20-7-2-3-8-21(20)29-24/h2-10,13,27H,11-12,14-15H2,1H3,(H,28,29). The number of aromatic amines is 1. The molecule has 0 spiro atoms. The van der Waals surface area contributed by atoms with Gasteiger partial charge in [-0.1, -0.05) is 47.5 Å². The normalized spacial score (nSPS) is 11.1. The number of benzene rings is 3. The van der Waals surface area contributed by atoms with Crippen molar-refractivity contribution in [2.24, 2.45) is 0 Å². The third kappa shape index (κ3) is 5.31. The van der Waals surface area contributed by atoms with Gasteiger partial charge in [-0.15, -0.1) is 0 Å². The van der Waals surface area contributed by atoms with E-state index in [1.54, 1.807) is 19.2 Å². The number of ether oxygens (including phenoxy) is 2. The Labute approximate surface area is 191 Å². The maximum absolute atomic E-state index is 6.22. The van der Waals surface area contributed by atoms with Crippen molar-refractivity contribution in [2.45, 2.75) is 19.6 Å². The van der Waals surface area contributed by atoms with Gasteiger partial charge in [0.15, 0.2) is 11.5 Å². The third-order valence-corrected chi connectivity index (χ3v) is 5.68. The zero-order valence-corrected chi connectivity index (χ0v) is 18.6. The smallest absolute Gasteiger partial charge is 0.161 e. The summed E-state index contributed by atoms with van der Waals surface area (Å²) in [5.41, 5.74) is 3.92. The van der Waals surface area contributed by atoms with E-state index < -0.39 is 0 Å². The van der Waals surface area contributed by atoms with Gasteiger partial charge in [0.1, 0.15) is 12.4 Å². The largest absolute Gasteiger partial charge is 0.493 e. The van der Waals surface area contributed by atoms with Gasteiger partial charge in [0, 0.05) is 35.1 Å². The molecule has 0 saturated heterocycles. The van der Waals surface area contributed by atoms with E-state index >= 15 is 0 Å². The van der Waals surface area contributed by atoms with Crippen LogP contribution in [-0.4, -0.2) is 23.6 Å².